The summed E-state index contributed by atoms with van der Waals surface area (Å²) in [7, 11) is 1.30. The molecule has 0 radical (unpaired) electrons. The van der Waals surface area contributed by atoms with Gasteiger partial charge in [0.05, 0.1) is 30.7 Å². The van der Waals surface area contributed by atoms with Gasteiger partial charge in [-0.3, -0.25) is 10.1 Å². The largest absolute Gasteiger partial charge is 0.453 e. The number of nitrogens with one attached hydrogen (secondary N) is 3. The highest BCUT2D eigenvalue weighted by Gasteiger charge is 2.18. The van der Waals surface area contributed by atoms with Crippen molar-refractivity contribution in [3.63, 3.8) is 0 Å². The standard InChI is InChI=1S/C19H25N5O3/c1-11-4-3-5-14(20)18-21-10-16(24-18)13-7-6-12(22-19(26)27-2)9-15(13)23-17(25)8-11/h6-7,9-11,14H,3-5,8,20H2,1-2H3,(H,21,24)(H,22,26)(H,23,25)/t11-,14-/m0/s1. The maximum atomic E-state index is 12.5. The van der Waals surface area contributed by atoms with Crippen LogP contribution in [0.15, 0.2) is 24.4 Å². The Hall–Kier alpha value is -2.87. The number of imidazole rings is 1. The van der Waals surface area contributed by atoms with Crippen LogP contribution in [0.5, 0.6) is 0 Å². The molecular formula is C19H25N5O3. The number of nitrogens with zero attached hydrogens (tertiary/aromatic N) is 1. The summed E-state index contributed by atoms with van der Waals surface area (Å²) in [5.41, 5.74) is 8.89. The van der Waals surface area contributed by atoms with E-state index in [0.717, 1.165) is 36.3 Å². The maximum Gasteiger partial charge on any atom is 0.411 e. The van der Waals surface area contributed by atoms with Gasteiger partial charge in [-0.2, -0.15) is 0 Å². The van der Waals surface area contributed by atoms with Gasteiger partial charge in [0, 0.05) is 17.7 Å². The zero-order chi connectivity index (χ0) is 19.4. The van der Waals surface area contributed by atoms with Crippen LogP contribution in [0, 0.1) is 5.92 Å². The molecule has 8 nitrogen and oxygen atoms in total. The van der Waals surface area contributed by atoms with E-state index in [0.29, 0.717) is 17.8 Å². The van der Waals surface area contributed by atoms with E-state index in [4.69, 9.17) is 5.73 Å². The summed E-state index contributed by atoms with van der Waals surface area (Å²) in [4.78, 5) is 31.6. The predicted octanol–water partition coefficient (Wildman–Crippen LogP) is 3.40. The van der Waals surface area contributed by atoms with Gasteiger partial charge in [-0.1, -0.05) is 19.8 Å². The molecule has 0 fully saturated rings. The Morgan fingerprint density at radius 2 is 2.19 bits per heavy atom. The van der Waals surface area contributed by atoms with Crippen LogP contribution >= 0.6 is 0 Å². The lowest BCUT2D eigenvalue weighted by molar-refractivity contribution is -0.117. The molecule has 2 atom stereocenters. The number of amides is 2. The highest BCUT2D eigenvalue weighted by molar-refractivity contribution is 5.97. The Balaban J connectivity index is 1.99. The number of hydrogen-bond donors (Lipinski definition) is 4. The molecule has 1 aliphatic heterocycles. The summed E-state index contributed by atoms with van der Waals surface area (Å²) < 4.78 is 4.63. The fraction of sp³-hybridized carbons (Fsp3) is 0.421. The molecule has 1 aromatic carbocycles. The number of hydrogen-bond acceptors (Lipinski definition) is 5. The van der Waals surface area contributed by atoms with Crippen molar-refractivity contribution >= 4 is 23.4 Å². The van der Waals surface area contributed by atoms with Crippen LogP contribution in [0.2, 0.25) is 0 Å². The zero-order valence-corrected chi connectivity index (χ0v) is 15.5. The number of benzene rings is 1. The molecule has 8 heteroatoms. The summed E-state index contributed by atoms with van der Waals surface area (Å²) >= 11 is 0. The summed E-state index contributed by atoms with van der Waals surface area (Å²) in [6.45, 7) is 2.06. The number of carbonyl (C=O) groups excluding carboxylic acids is 2. The molecule has 2 bridgehead atoms. The lowest BCUT2D eigenvalue weighted by Gasteiger charge is -2.15. The third kappa shape index (κ3) is 4.65. The van der Waals surface area contributed by atoms with Crippen LogP contribution in [0.3, 0.4) is 0 Å². The molecular weight excluding hydrogens is 346 g/mol. The predicted molar refractivity (Wildman–Crippen MR) is 103 cm³/mol. The average molecular weight is 371 g/mol. The van der Waals surface area contributed by atoms with Crippen molar-refractivity contribution < 1.29 is 14.3 Å². The lowest BCUT2D eigenvalue weighted by Crippen LogP contribution is -2.17. The second-order valence-electron chi connectivity index (χ2n) is 6.95. The molecule has 2 heterocycles. The Bertz CT molecular complexity index is 833. The van der Waals surface area contributed by atoms with Crippen molar-refractivity contribution in [2.75, 3.05) is 17.7 Å². The first-order chi connectivity index (χ1) is 13.0. The van der Waals surface area contributed by atoms with E-state index in [1.165, 1.54) is 7.11 Å². The first-order valence-electron chi connectivity index (χ1n) is 9.06. The van der Waals surface area contributed by atoms with Crippen molar-refractivity contribution in [3.05, 3.63) is 30.2 Å². The van der Waals surface area contributed by atoms with Gasteiger partial charge in [-0.05, 0) is 30.5 Å². The highest BCUT2D eigenvalue weighted by atomic mass is 16.5. The lowest BCUT2D eigenvalue weighted by atomic mass is 9.98. The minimum absolute atomic E-state index is 0.0674. The molecule has 0 spiro atoms. The van der Waals surface area contributed by atoms with Gasteiger partial charge >= 0.3 is 6.09 Å². The molecule has 0 aliphatic carbocycles. The smallest absolute Gasteiger partial charge is 0.411 e. The number of nitrogens with two attached hydrogens (primary N) is 1. The van der Waals surface area contributed by atoms with E-state index < -0.39 is 6.09 Å². The van der Waals surface area contributed by atoms with Crippen molar-refractivity contribution in [3.8, 4) is 11.3 Å². The Kier molecular flexibility index (Phi) is 5.75. The number of fused-ring (bicyclic) bond motifs is 4. The van der Waals surface area contributed by atoms with Crippen LogP contribution < -0.4 is 16.4 Å². The van der Waals surface area contributed by atoms with Crippen molar-refractivity contribution in [1.29, 1.82) is 0 Å². The van der Waals surface area contributed by atoms with Gasteiger partial charge < -0.3 is 20.8 Å². The number of carbonyl (C=O) groups is 2. The first kappa shape index (κ1) is 18.9. The topological polar surface area (TPSA) is 122 Å². The second-order valence-corrected chi connectivity index (χ2v) is 6.95. The number of ether oxygens (including phenoxy) is 1. The minimum atomic E-state index is -0.575. The fourth-order valence-electron chi connectivity index (χ4n) is 3.23. The van der Waals surface area contributed by atoms with Crippen LogP contribution in [0.25, 0.3) is 11.3 Å². The van der Waals surface area contributed by atoms with Crippen LogP contribution in [-0.4, -0.2) is 29.1 Å². The maximum absolute atomic E-state index is 12.5. The fourth-order valence-corrected chi connectivity index (χ4v) is 3.23. The number of aromatic nitrogens is 2. The SMILES string of the molecule is COC(=O)Nc1ccc2c(c1)NC(=O)C[C@@H](C)CCC[C@H](N)c1ncc-2[nH]1. The van der Waals surface area contributed by atoms with Gasteiger partial charge in [-0.15, -0.1) is 0 Å². The number of H-pyrrole nitrogens is 1. The molecule has 1 aliphatic rings. The van der Waals surface area contributed by atoms with Crippen molar-refractivity contribution in [2.24, 2.45) is 11.7 Å². The molecule has 0 saturated heterocycles. The van der Waals surface area contributed by atoms with Gasteiger partial charge in [0.25, 0.3) is 0 Å². The third-order valence-corrected chi connectivity index (χ3v) is 4.71. The van der Waals surface area contributed by atoms with E-state index in [2.05, 4.69) is 32.3 Å². The number of anilines is 2. The Morgan fingerprint density at radius 1 is 1.37 bits per heavy atom. The van der Waals surface area contributed by atoms with Crippen molar-refractivity contribution in [1.82, 2.24) is 9.97 Å². The van der Waals surface area contributed by atoms with E-state index in [-0.39, 0.29) is 17.9 Å². The van der Waals surface area contributed by atoms with E-state index in [1.54, 1.807) is 18.3 Å². The summed E-state index contributed by atoms with van der Waals surface area (Å²) in [5.74, 6) is 0.914. The van der Waals surface area contributed by atoms with Crippen LogP contribution in [0.1, 0.15) is 44.5 Å². The number of aromatic amines is 1. The highest BCUT2D eigenvalue weighted by Crippen LogP contribution is 2.32. The monoisotopic (exact) mass is 371 g/mol. The van der Waals surface area contributed by atoms with Gasteiger partial charge in [-0.25, -0.2) is 9.78 Å². The molecule has 2 amide bonds. The van der Waals surface area contributed by atoms with Crippen LogP contribution in [-0.2, 0) is 9.53 Å². The normalized spacial score (nSPS) is 20.3. The van der Waals surface area contributed by atoms with Crippen molar-refractivity contribution in [2.45, 2.75) is 38.6 Å². The van der Waals surface area contributed by atoms with E-state index >= 15 is 0 Å². The average Bonchev–Trinajstić information content (AvgIpc) is 3.11. The number of rotatable bonds is 1. The Labute approximate surface area is 157 Å². The molecule has 1 aromatic heterocycles. The summed E-state index contributed by atoms with van der Waals surface area (Å²) in [6, 6.07) is 5.09. The summed E-state index contributed by atoms with van der Waals surface area (Å²) in [5, 5.41) is 5.57. The summed E-state index contributed by atoms with van der Waals surface area (Å²) in [6.07, 6.45) is 4.23. The van der Waals surface area contributed by atoms with E-state index in [1.807, 2.05) is 6.07 Å². The molecule has 0 unspecified atom stereocenters. The van der Waals surface area contributed by atoms with Gasteiger partial charge in [0.1, 0.15) is 5.82 Å². The minimum Gasteiger partial charge on any atom is -0.453 e. The molecule has 5 N–H and O–H groups in total. The molecule has 144 valence electrons. The molecule has 3 rings (SSSR count). The molecule has 2 aromatic rings. The molecule has 0 saturated carbocycles. The van der Waals surface area contributed by atoms with Gasteiger partial charge in [0.15, 0.2) is 0 Å². The second kappa shape index (κ2) is 8.22. The number of methoxy groups -OCH3 is 1. The molecule has 27 heavy (non-hydrogen) atoms. The van der Waals surface area contributed by atoms with E-state index in [9.17, 15) is 9.59 Å². The Morgan fingerprint density at radius 3 is 2.96 bits per heavy atom. The first-order valence-corrected chi connectivity index (χ1v) is 9.06. The van der Waals surface area contributed by atoms with Gasteiger partial charge in [0.2, 0.25) is 5.91 Å². The third-order valence-electron chi connectivity index (χ3n) is 4.71. The van der Waals surface area contributed by atoms with Crippen LogP contribution in [0.4, 0.5) is 16.2 Å². The quantitative estimate of drug-likeness (QED) is 0.612. The zero-order valence-electron chi connectivity index (χ0n) is 15.5.